The van der Waals surface area contributed by atoms with Crippen LogP contribution in [0.2, 0.25) is 0 Å². The number of nitrogens with one attached hydrogen (secondary N) is 1. The van der Waals surface area contributed by atoms with Crippen LogP contribution in [-0.4, -0.2) is 15.0 Å². The van der Waals surface area contributed by atoms with Gasteiger partial charge >= 0.3 is 0 Å². The number of aromatic nitrogens is 3. The predicted octanol–water partition coefficient (Wildman–Crippen LogP) is 3.51. The molecular weight excluding hydrogens is 230 g/mol. The molecule has 0 atom stereocenters. The molecular formula is C13H11N3S. The summed E-state index contributed by atoms with van der Waals surface area (Å²) in [5.74, 6) is 0. The summed E-state index contributed by atoms with van der Waals surface area (Å²) in [7, 11) is 0. The quantitative estimate of drug-likeness (QED) is 0.746. The molecule has 17 heavy (non-hydrogen) atoms. The van der Waals surface area contributed by atoms with Gasteiger partial charge in [-0.1, -0.05) is 24.3 Å². The highest BCUT2D eigenvalue weighted by Gasteiger charge is 2.05. The Morgan fingerprint density at radius 1 is 1.12 bits per heavy atom. The van der Waals surface area contributed by atoms with Gasteiger partial charge in [-0.15, -0.1) is 11.3 Å². The number of hydrogen-bond acceptors (Lipinski definition) is 3. The van der Waals surface area contributed by atoms with Crippen molar-refractivity contribution in [3.8, 4) is 21.7 Å². The van der Waals surface area contributed by atoms with E-state index in [1.807, 2.05) is 18.6 Å². The maximum atomic E-state index is 4.27. The van der Waals surface area contributed by atoms with Gasteiger partial charge in [0.1, 0.15) is 0 Å². The van der Waals surface area contributed by atoms with Crippen molar-refractivity contribution in [1.82, 2.24) is 15.0 Å². The third-order valence-corrected chi connectivity index (χ3v) is 3.68. The Morgan fingerprint density at radius 3 is 2.47 bits per heavy atom. The molecule has 4 heteroatoms. The molecule has 0 aliphatic heterocycles. The fourth-order valence-electron chi connectivity index (χ4n) is 1.79. The zero-order chi connectivity index (χ0) is 11.7. The van der Waals surface area contributed by atoms with E-state index in [4.69, 9.17) is 0 Å². The number of aromatic amines is 1. The number of H-pyrrole nitrogens is 1. The van der Waals surface area contributed by atoms with Gasteiger partial charge in [-0.2, -0.15) is 0 Å². The molecule has 0 amide bonds. The van der Waals surface area contributed by atoms with Crippen LogP contribution in [0, 0.1) is 6.92 Å². The Morgan fingerprint density at radius 2 is 1.88 bits per heavy atom. The molecule has 0 aliphatic rings. The van der Waals surface area contributed by atoms with Crippen LogP contribution in [0.15, 0.2) is 42.3 Å². The van der Waals surface area contributed by atoms with Crippen LogP contribution in [0.25, 0.3) is 21.7 Å². The van der Waals surface area contributed by atoms with E-state index in [-0.39, 0.29) is 0 Å². The van der Waals surface area contributed by atoms with Crippen LogP contribution in [0.3, 0.4) is 0 Å². The molecule has 1 aromatic carbocycles. The lowest BCUT2D eigenvalue weighted by molar-refractivity contribution is 1.27. The third kappa shape index (κ3) is 1.87. The fourth-order valence-corrected chi connectivity index (χ4v) is 2.61. The number of benzene rings is 1. The number of imidazole rings is 1. The molecule has 3 rings (SSSR count). The molecule has 0 aliphatic carbocycles. The van der Waals surface area contributed by atoms with Crippen LogP contribution in [0.4, 0.5) is 0 Å². The first-order valence-electron chi connectivity index (χ1n) is 5.34. The van der Waals surface area contributed by atoms with Crippen LogP contribution in [0.5, 0.6) is 0 Å². The molecule has 0 spiro atoms. The maximum absolute atomic E-state index is 4.27. The van der Waals surface area contributed by atoms with E-state index in [1.54, 1.807) is 17.7 Å². The molecule has 0 radical (unpaired) electrons. The summed E-state index contributed by atoms with van der Waals surface area (Å²) in [4.78, 5) is 12.6. The van der Waals surface area contributed by atoms with Crippen molar-refractivity contribution in [3.63, 3.8) is 0 Å². The van der Waals surface area contributed by atoms with Gasteiger partial charge < -0.3 is 4.98 Å². The van der Waals surface area contributed by atoms with Crippen molar-refractivity contribution in [2.24, 2.45) is 0 Å². The van der Waals surface area contributed by atoms with Gasteiger partial charge in [-0.25, -0.2) is 9.97 Å². The lowest BCUT2D eigenvalue weighted by Gasteiger charge is -2.01. The van der Waals surface area contributed by atoms with E-state index >= 15 is 0 Å². The monoisotopic (exact) mass is 241 g/mol. The minimum Gasteiger partial charge on any atom is -0.345 e. The Hall–Kier alpha value is -1.94. The minimum absolute atomic E-state index is 1.04. The Bertz CT molecular complexity index is 608. The summed E-state index contributed by atoms with van der Waals surface area (Å²) < 4.78 is 0. The number of nitrogens with zero attached hydrogens (tertiary/aromatic N) is 2. The summed E-state index contributed by atoms with van der Waals surface area (Å²) in [6.07, 6.45) is 3.52. The van der Waals surface area contributed by atoms with Gasteiger partial charge in [-0.05, 0) is 18.1 Å². The summed E-state index contributed by atoms with van der Waals surface area (Å²) in [5, 5.41) is 0. The Balaban J connectivity index is 1.99. The average molecular weight is 241 g/mol. The summed E-state index contributed by atoms with van der Waals surface area (Å²) in [6, 6.07) is 8.44. The standard InChI is InChI=1S/C13H11N3S/c1-9-13(17-8-16-9)11-4-2-10(3-5-11)12-6-14-7-15-12/h2-8H,1H3,(H,14,15). The van der Waals surface area contributed by atoms with Crippen molar-refractivity contribution in [2.75, 3.05) is 0 Å². The molecule has 2 aromatic heterocycles. The lowest BCUT2D eigenvalue weighted by Crippen LogP contribution is -1.80. The van der Waals surface area contributed by atoms with Crippen molar-refractivity contribution < 1.29 is 0 Å². The van der Waals surface area contributed by atoms with Gasteiger partial charge in [0.2, 0.25) is 0 Å². The smallest absolute Gasteiger partial charge is 0.0924 e. The molecule has 1 N–H and O–H groups in total. The molecule has 0 saturated heterocycles. The highest BCUT2D eigenvalue weighted by atomic mass is 32.1. The predicted molar refractivity (Wildman–Crippen MR) is 69.9 cm³/mol. The number of hydrogen-bond donors (Lipinski definition) is 1. The summed E-state index contributed by atoms with van der Waals surface area (Å²) in [5.41, 5.74) is 6.37. The van der Waals surface area contributed by atoms with Crippen LogP contribution in [-0.2, 0) is 0 Å². The molecule has 3 aromatic rings. The summed E-state index contributed by atoms with van der Waals surface area (Å²) in [6.45, 7) is 2.04. The van der Waals surface area contributed by atoms with Crippen molar-refractivity contribution in [3.05, 3.63) is 48.0 Å². The number of aryl methyl sites for hydroxylation is 1. The highest BCUT2D eigenvalue weighted by Crippen LogP contribution is 2.28. The highest BCUT2D eigenvalue weighted by molar-refractivity contribution is 7.13. The topological polar surface area (TPSA) is 41.6 Å². The van der Waals surface area contributed by atoms with Crippen molar-refractivity contribution in [1.29, 1.82) is 0 Å². The normalized spacial score (nSPS) is 10.6. The second-order valence-electron chi connectivity index (χ2n) is 3.81. The van der Waals surface area contributed by atoms with E-state index in [2.05, 4.69) is 39.2 Å². The number of rotatable bonds is 2. The van der Waals surface area contributed by atoms with Crippen molar-refractivity contribution >= 4 is 11.3 Å². The van der Waals surface area contributed by atoms with Gasteiger partial charge in [0.05, 0.1) is 34.3 Å². The Kier molecular flexibility index (Phi) is 2.49. The second-order valence-corrected chi connectivity index (χ2v) is 4.66. The molecule has 0 saturated carbocycles. The summed E-state index contributed by atoms with van der Waals surface area (Å²) >= 11 is 1.67. The second kappa shape index (κ2) is 4.14. The Labute approximate surface area is 103 Å². The maximum Gasteiger partial charge on any atom is 0.0924 e. The van der Waals surface area contributed by atoms with E-state index in [9.17, 15) is 0 Å². The lowest BCUT2D eigenvalue weighted by atomic mass is 10.1. The van der Waals surface area contributed by atoms with Gasteiger partial charge in [0.15, 0.2) is 0 Å². The number of thiazole rings is 1. The van der Waals surface area contributed by atoms with Gasteiger partial charge in [0, 0.05) is 0 Å². The first kappa shape index (κ1) is 10.2. The zero-order valence-corrected chi connectivity index (χ0v) is 10.2. The van der Waals surface area contributed by atoms with Crippen LogP contribution in [0.1, 0.15) is 5.69 Å². The molecule has 84 valence electrons. The van der Waals surface area contributed by atoms with E-state index in [0.29, 0.717) is 0 Å². The molecule has 3 nitrogen and oxygen atoms in total. The van der Waals surface area contributed by atoms with E-state index in [1.165, 1.54) is 10.4 Å². The molecule has 0 bridgehead atoms. The van der Waals surface area contributed by atoms with Crippen LogP contribution >= 0.6 is 11.3 Å². The molecule has 0 fully saturated rings. The third-order valence-electron chi connectivity index (χ3n) is 2.70. The first-order valence-corrected chi connectivity index (χ1v) is 6.22. The van der Waals surface area contributed by atoms with Gasteiger partial charge in [-0.3, -0.25) is 0 Å². The molecule has 2 heterocycles. The van der Waals surface area contributed by atoms with E-state index < -0.39 is 0 Å². The van der Waals surface area contributed by atoms with Crippen LogP contribution < -0.4 is 0 Å². The first-order chi connectivity index (χ1) is 8.34. The van der Waals surface area contributed by atoms with E-state index in [0.717, 1.165) is 17.0 Å². The SMILES string of the molecule is Cc1ncsc1-c1ccc(-c2cnc[nH]2)cc1. The fraction of sp³-hybridized carbons (Fsp3) is 0.0769. The zero-order valence-electron chi connectivity index (χ0n) is 9.34. The minimum atomic E-state index is 1.04. The van der Waals surface area contributed by atoms with Gasteiger partial charge in [0.25, 0.3) is 0 Å². The largest absolute Gasteiger partial charge is 0.345 e. The molecule has 0 unspecified atom stereocenters. The van der Waals surface area contributed by atoms with Crippen molar-refractivity contribution in [2.45, 2.75) is 6.92 Å². The average Bonchev–Trinajstić information content (AvgIpc) is 3.00.